The first kappa shape index (κ1) is 12.1. The van der Waals surface area contributed by atoms with Crippen LogP contribution in [0.25, 0.3) is 0 Å². The molecule has 0 aliphatic heterocycles. The molecule has 0 bridgehead atoms. The topological polar surface area (TPSA) is 50.9 Å². The van der Waals surface area contributed by atoms with Crippen LogP contribution in [-0.4, -0.2) is 19.9 Å². The number of aryl methyl sites for hydroxylation is 1. The second-order valence-corrected chi connectivity index (χ2v) is 4.70. The van der Waals surface area contributed by atoms with E-state index in [1.807, 2.05) is 0 Å². The maximum absolute atomic E-state index is 13.7. The van der Waals surface area contributed by atoms with Crippen molar-refractivity contribution < 1.29 is 9.50 Å². The molecule has 4 nitrogen and oxygen atoms in total. The molecular weight excluding hydrogens is 241 g/mol. The Hall–Kier alpha value is -1.40. The molecule has 0 spiro atoms. The number of aliphatic hydroxyl groups excluding tert-OH is 1. The van der Waals surface area contributed by atoms with Crippen LogP contribution in [0.15, 0.2) is 34.6 Å². The van der Waals surface area contributed by atoms with E-state index in [2.05, 4.69) is 10.2 Å². The molecule has 0 radical (unpaired) electrons. The van der Waals surface area contributed by atoms with Gasteiger partial charge < -0.3 is 9.67 Å². The van der Waals surface area contributed by atoms with Gasteiger partial charge in [0.25, 0.3) is 0 Å². The second kappa shape index (κ2) is 4.85. The van der Waals surface area contributed by atoms with E-state index in [9.17, 15) is 9.50 Å². The number of halogens is 1. The molecule has 0 amide bonds. The van der Waals surface area contributed by atoms with Crippen LogP contribution in [0, 0.1) is 5.82 Å². The first-order chi connectivity index (χ1) is 8.08. The lowest BCUT2D eigenvalue weighted by Crippen LogP contribution is -1.94. The zero-order valence-corrected chi connectivity index (χ0v) is 10.3. The largest absolute Gasteiger partial charge is 0.389 e. The minimum absolute atomic E-state index is 0.364. The van der Waals surface area contributed by atoms with Crippen LogP contribution in [0.3, 0.4) is 0 Å². The summed E-state index contributed by atoms with van der Waals surface area (Å²) in [6.07, 6.45) is 0.892. The fourth-order valence-corrected chi connectivity index (χ4v) is 2.09. The highest BCUT2D eigenvalue weighted by Gasteiger charge is 2.10. The van der Waals surface area contributed by atoms with Gasteiger partial charge in [-0.3, -0.25) is 0 Å². The second-order valence-electron chi connectivity index (χ2n) is 3.69. The van der Waals surface area contributed by atoms with Crippen molar-refractivity contribution in [3.63, 3.8) is 0 Å². The maximum atomic E-state index is 13.7. The number of aromatic nitrogens is 3. The molecule has 0 fully saturated rings. The highest BCUT2D eigenvalue weighted by molar-refractivity contribution is 7.99. The SMILES string of the molecule is C[C@@H](O)c1ccc(Sc2nncn2C)c(F)c1. The van der Waals surface area contributed by atoms with Crippen molar-refractivity contribution in [3.8, 4) is 0 Å². The third kappa shape index (κ3) is 2.65. The molecule has 17 heavy (non-hydrogen) atoms. The Labute approximate surface area is 102 Å². The predicted molar refractivity (Wildman–Crippen MR) is 62.2 cm³/mol. The average Bonchev–Trinajstić information content (AvgIpc) is 2.67. The summed E-state index contributed by atoms with van der Waals surface area (Å²) in [5.74, 6) is -0.364. The Morgan fingerprint density at radius 1 is 1.47 bits per heavy atom. The summed E-state index contributed by atoms with van der Waals surface area (Å²) in [5.41, 5.74) is 0.560. The fraction of sp³-hybridized carbons (Fsp3) is 0.273. The molecule has 1 heterocycles. The number of hydrogen-bond donors (Lipinski definition) is 1. The molecule has 1 atom stereocenters. The molecule has 1 aromatic carbocycles. The van der Waals surface area contributed by atoms with Gasteiger partial charge in [0.2, 0.25) is 0 Å². The molecule has 6 heteroatoms. The zero-order chi connectivity index (χ0) is 12.4. The minimum atomic E-state index is -0.668. The highest BCUT2D eigenvalue weighted by Crippen LogP contribution is 2.29. The fourth-order valence-electron chi connectivity index (χ4n) is 1.32. The zero-order valence-electron chi connectivity index (χ0n) is 9.46. The van der Waals surface area contributed by atoms with E-state index >= 15 is 0 Å². The number of aliphatic hydroxyl groups is 1. The molecule has 2 aromatic rings. The molecule has 0 aliphatic rings. The average molecular weight is 253 g/mol. The smallest absolute Gasteiger partial charge is 0.195 e. The standard InChI is InChI=1S/C11H12FN3OS/c1-7(16)8-3-4-10(9(12)5-8)17-11-14-13-6-15(11)2/h3-7,16H,1-2H3/t7-/m1/s1. The van der Waals surface area contributed by atoms with Gasteiger partial charge in [-0.15, -0.1) is 10.2 Å². The van der Waals surface area contributed by atoms with Crippen LogP contribution in [0.2, 0.25) is 0 Å². The molecule has 90 valence electrons. The Kier molecular flexibility index (Phi) is 3.44. The molecule has 1 aromatic heterocycles. The summed E-state index contributed by atoms with van der Waals surface area (Å²) >= 11 is 1.20. The molecule has 2 rings (SSSR count). The number of rotatable bonds is 3. The Bertz CT molecular complexity index is 527. The van der Waals surface area contributed by atoms with Crippen molar-refractivity contribution in [3.05, 3.63) is 35.9 Å². The van der Waals surface area contributed by atoms with E-state index in [0.29, 0.717) is 15.6 Å². The van der Waals surface area contributed by atoms with E-state index in [-0.39, 0.29) is 5.82 Å². The van der Waals surface area contributed by atoms with Gasteiger partial charge in [-0.05, 0) is 36.4 Å². The summed E-state index contributed by atoms with van der Waals surface area (Å²) in [6, 6.07) is 4.67. The third-order valence-corrected chi connectivity index (χ3v) is 3.41. The van der Waals surface area contributed by atoms with Gasteiger partial charge in [0.1, 0.15) is 12.1 Å². The summed E-state index contributed by atoms with van der Waals surface area (Å²) in [7, 11) is 1.80. The lowest BCUT2D eigenvalue weighted by molar-refractivity contribution is 0.198. The minimum Gasteiger partial charge on any atom is -0.389 e. The Morgan fingerprint density at radius 3 is 2.76 bits per heavy atom. The normalized spacial score (nSPS) is 12.7. The van der Waals surface area contributed by atoms with Gasteiger partial charge in [-0.25, -0.2) is 4.39 Å². The van der Waals surface area contributed by atoms with Gasteiger partial charge in [0, 0.05) is 7.05 Å². The monoisotopic (exact) mass is 253 g/mol. The Morgan fingerprint density at radius 2 is 2.24 bits per heavy atom. The Balaban J connectivity index is 2.26. The van der Waals surface area contributed by atoms with E-state index in [0.717, 1.165) is 0 Å². The van der Waals surface area contributed by atoms with E-state index < -0.39 is 6.10 Å². The summed E-state index contributed by atoms with van der Waals surface area (Å²) in [5, 5.41) is 17.6. The van der Waals surface area contributed by atoms with Crippen LogP contribution >= 0.6 is 11.8 Å². The van der Waals surface area contributed by atoms with Crippen molar-refractivity contribution in [1.82, 2.24) is 14.8 Å². The van der Waals surface area contributed by atoms with Gasteiger partial charge in [0.15, 0.2) is 5.16 Å². The van der Waals surface area contributed by atoms with Crippen LogP contribution in [0.5, 0.6) is 0 Å². The van der Waals surface area contributed by atoms with Crippen LogP contribution < -0.4 is 0 Å². The van der Waals surface area contributed by atoms with Crippen LogP contribution in [0.4, 0.5) is 4.39 Å². The van der Waals surface area contributed by atoms with Crippen molar-refractivity contribution in [2.75, 3.05) is 0 Å². The number of benzene rings is 1. The van der Waals surface area contributed by atoms with Gasteiger partial charge in [0.05, 0.1) is 11.0 Å². The van der Waals surface area contributed by atoms with Crippen molar-refractivity contribution >= 4 is 11.8 Å². The highest BCUT2D eigenvalue weighted by atomic mass is 32.2. The summed E-state index contributed by atoms with van der Waals surface area (Å²) in [4.78, 5) is 0.463. The van der Waals surface area contributed by atoms with Crippen molar-refractivity contribution in [1.29, 1.82) is 0 Å². The predicted octanol–water partition coefficient (Wildman–Crippen LogP) is 2.16. The lowest BCUT2D eigenvalue weighted by atomic mass is 10.1. The van der Waals surface area contributed by atoms with Gasteiger partial charge in [-0.2, -0.15) is 0 Å². The van der Waals surface area contributed by atoms with Crippen LogP contribution in [-0.2, 0) is 7.05 Å². The molecule has 0 saturated heterocycles. The van der Waals surface area contributed by atoms with Crippen LogP contribution in [0.1, 0.15) is 18.6 Å². The number of nitrogens with zero attached hydrogens (tertiary/aromatic N) is 3. The summed E-state index contributed by atoms with van der Waals surface area (Å²) < 4.78 is 15.5. The first-order valence-corrected chi connectivity index (χ1v) is 5.89. The molecule has 0 saturated carbocycles. The van der Waals surface area contributed by atoms with E-state index in [1.54, 1.807) is 37.0 Å². The number of hydrogen-bond acceptors (Lipinski definition) is 4. The van der Waals surface area contributed by atoms with E-state index in [4.69, 9.17) is 0 Å². The van der Waals surface area contributed by atoms with Crippen molar-refractivity contribution in [2.45, 2.75) is 23.1 Å². The van der Waals surface area contributed by atoms with Crippen molar-refractivity contribution in [2.24, 2.45) is 7.05 Å². The maximum Gasteiger partial charge on any atom is 0.195 e. The van der Waals surface area contributed by atoms with E-state index in [1.165, 1.54) is 17.8 Å². The third-order valence-electron chi connectivity index (χ3n) is 2.31. The molecular formula is C11H12FN3OS. The molecule has 1 N–H and O–H groups in total. The van der Waals surface area contributed by atoms with Gasteiger partial charge >= 0.3 is 0 Å². The lowest BCUT2D eigenvalue weighted by Gasteiger charge is -2.07. The quantitative estimate of drug-likeness (QED) is 0.910. The molecule has 0 aliphatic carbocycles. The molecule has 0 unspecified atom stereocenters. The van der Waals surface area contributed by atoms with Gasteiger partial charge in [-0.1, -0.05) is 6.07 Å². The summed E-state index contributed by atoms with van der Waals surface area (Å²) in [6.45, 7) is 1.60. The first-order valence-electron chi connectivity index (χ1n) is 5.07.